The van der Waals surface area contributed by atoms with Crippen LogP contribution in [-0.4, -0.2) is 15.0 Å². The number of halogens is 1. The minimum Gasteiger partial charge on any atom is -0.208 e. The largest absolute Gasteiger partial charge is 0.226 e. The summed E-state index contributed by atoms with van der Waals surface area (Å²) in [4.78, 5) is 13.9. The maximum Gasteiger partial charge on any atom is 0.226 e. The van der Waals surface area contributed by atoms with E-state index in [1.807, 2.05) is 12.1 Å². The Labute approximate surface area is 204 Å². The molecule has 0 aliphatic rings. The van der Waals surface area contributed by atoms with Gasteiger partial charge >= 0.3 is 0 Å². The van der Waals surface area contributed by atoms with Crippen molar-refractivity contribution in [3.05, 3.63) is 102 Å². The van der Waals surface area contributed by atoms with Gasteiger partial charge in [0.05, 0.1) is 0 Å². The van der Waals surface area contributed by atoms with Crippen molar-refractivity contribution in [1.82, 2.24) is 15.0 Å². The van der Waals surface area contributed by atoms with Gasteiger partial charge in [0, 0.05) is 31.3 Å². The number of hydrogen-bond acceptors (Lipinski definition) is 4. The number of aromatic nitrogens is 3. The molecule has 0 fully saturated rings. The second-order valence-electron chi connectivity index (χ2n) is 8.25. The molecule has 0 atom stereocenters. The molecule has 7 aromatic rings. The van der Waals surface area contributed by atoms with E-state index in [2.05, 4.69) is 94.9 Å². The molecule has 7 rings (SSSR count). The van der Waals surface area contributed by atoms with E-state index in [-0.39, 0.29) is 5.28 Å². The second kappa shape index (κ2) is 7.59. The Kier molecular flexibility index (Phi) is 4.37. The first kappa shape index (κ1) is 19.6. The van der Waals surface area contributed by atoms with Crippen LogP contribution in [-0.2, 0) is 0 Å². The highest BCUT2D eigenvalue weighted by Crippen LogP contribution is 2.37. The average Bonchev–Trinajstić information content (AvgIpc) is 3.26. The van der Waals surface area contributed by atoms with Crippen LogP contribution in [0, 0.1) is 0 Å². The van der Waals surface area contributed by atoms with Crippen LogP contribution in [0.1, 0.15) is 0 Å². The van der Waals surface area contributed by atoms with Gasteiger partial charge in [-0.3, -0.25) is 0 Å². The smallest absolute Gasteiger partial charge is 0.208 e. The molecule has 0 unspecified atom stereocenters. The third kappa shape index (κ3) is 3.07. The lowest BCUT2D eigenvalue weighted by atomic mass is 9.97. The molecular formula is C29H16ClN3S. The zero-order valence-corrected chi connectivity index (χ0v) is 19.4. The Hall–Kier alpha value is -3.86. The number of thiophene rings is 1. The van der Waals surface area contributed by atoms with Gasteiger partial charge < -0.3 is 0 Å². The van der Waals surface area contributed by atoms with Crippen LogP contribution in [0.15, 0.2) is 97.1 Å². The van der Waals surface area contributed by atoms with Crippen molar-refractivity contribution in [3.8, 4) is 22.8 Å². The first-order valence-corrected chi connectivity index (χ1v) is 12.2. The molecule has 0 saturated heterocycles. The van der Waals surface area contributed by atoms with E-state index in [1.54, 1.807) is 11.3 Å². The third-order valence-corrected chi connectivity index (χ3v) is 7.57. The zero-order valence-electron chi connectivity index (χ0n) is 17.9. The molecule has 34 heavy (non-hydrogen) atoms. The highest BCUT2D eigenvalue weighted by Gasteiger charge is 2.15. The van der Waals surface area contributed by atoms with E-state index < -0.39 is 0 Å². The standard InChI is InChI=1S/C29H16ClN3S/c30-29-32-27(18-13-14-26-23(16-18)22-11-5-6-12-25(22)34-26)31-28(33-29)24-15-17-7-1-2-8-19(17)20-9-3-4-10-21(20)24/h1-16H. The van der Waals surface area contributed by atoms with Gasteiger partial charge in [-0.2, -0.15) is 9.97 Å². The molecule has 0 bridgehead atoms. The van der Waals surface area contributed by atoms with Crippen molar-refractivity contribution in [2.24, 2.45) is 0 Å². The lowest BCUT2D eigenvalue weighted by molar-refractivity contribution is 1.07. The van der Waals surface area contributed by atoms with Gasteiger partial charge in [-0.25, -0.2) is 4.98 Å². The van der Waals surface area contributed by atoms with Gasteiger partial charge in [-0.05, 0) is 63.5 Å². The van der Waals surface area contributed by atoms with Crippen LogP contribution < -0.4 is 0 Å². The second-order valence-corrected chi connectivity index (χ2v) is 9.67. The van der Waals surface area contributed by atoms with Crippen LogP contribution in [0.5, 0.6) is 0 Å². The molecule has 0 saturated carbocycles. The summed E-state index contributed by atoms with van der Waals surface area (Å²) in [6.45, 7) is 0. The molecule has 0 aliphatic heterocycles. The van der Waals surface area contributed by atoms with Crippen LogP contribution in [0.25, 0.3) is 64.5 Å². The molecule has 5 aromatic carbocycles. The van der Waals surface area contributed by atoms with Crippen LogP contribution >= 0.6 is 22.9 Å². The first-order chi connectivity index (χ1) is 16.7. The number of nitrogens with zero attached hydrogens (tertiary/aromatic N) is 3. The Balaban J connectivity index is 1.46. The van der Waals surface area contributed by atoms with Crippen molar-refractivity contribution < 1.29 is 0 Å². The van der Waals surface area contributed by atoms with E-state index >= 15 is 0 Å². The third-order valence-electron chi connectivity index (χ3n) is 6.25. The summed E-state index contributed by atoms with van der Waals surface area (Å²) in [6.07, 6.45) is 0. The van der Waals surface area contributed by atoms with Crippen LogP contribution in [0.3, 0.4) is 0 Å². The molecule has 0 radical (unpaired) electrons. The molecular weight excluding hydrogens is 458 g/mol. The summed E-state index contributed by atoms with van der Waals surface area (Å²) in [5, 5.41) is 7.23. The predicted molar refractivity (Wildman–Crippen MR) is 144 cm³/mol. The van der Waals surface area contributed by atoms with Gasteiger partial charge in [0.1, 0.15) is 0 Å². The SMILES string of the molecule is Clc1nc(-c2ccc3sc4ccccc4c3c2)nc(-c2cc3ccccc3c3ccccc23)n1. The van der Waals surface area contributed by atoms with Crippen molar-refractivity contribution in [2.45, 2.75) is 0 Å². The normalized spacial score (nSPS) is 11.7. The predicted octanol–water partition coefficient (Wildman–Crippen LogP) is 8.53. The van der Waals surface area contributed by atoms with Crippen LogP contribution in [0.4, 0.5) is 0 Å². The fraction of sp³-hybridized carbons (Fsp3) is 0. The van der Waals surface area contributed by atoms with E-state index in [0.717, 1.165) is 21.9 Å². The lowest BCUT2D eigenvalue weighted by Gasteiger charge is -2.11. The van der Waals surface area contributed by atoms with Crippen LogP contribution in [0.2, 0.25) is 5.28 Å². The zero-order chi connectivity index (χ0) is 22.6. The molecule has 0 aliphatic carbocycles. The molecule has 2 aromatic heterocycles. The van der Waals surface area contributed by atoms with Crippen molar-refractivity contribution >= 4 is 64.7 Å². The minimum absolute atomic E-state index is 0.188. The molecule has 5 heteroatoms. The van der Waals surface area contributed by atoms with Gasteiger partial charge in [0.2, 0.25) is 5.28 Å². The van der Waals surface area contributed by atoms with E-state index in [4.69, 9.17) is 16.6 Å². The Morgan fingerprint density at radius 1 is 0.529 bits per heavy atom. The molecule has 2 heterocycles. The van der Waals surface area contributed by atoms with Gasteiger partial charge in [0.15, 0.2) is 11.6 Å². The van der Waals surface area contributed by atoms with Gasteiger partial charge in [-0.15, -0.1) is 11.3 Å². The molecule has 0 N–H and O–H groups in total. The maximum absolute atomic E-state index is 6.45. The maximum atomic E-state index is 6.45. The summed E-state index contributed by atoms with van der Waals surface area (Å²) in [5.74, 6) is 1.15. The van der Waals surface area contributed by atoms with E-state index in [9.17, 15) is 0 Å². The molecule has 3 nitrogen and oxygen atoms in total. The topological polar surface area (TPSA) is 38.7 Å². The Morgan fingerprint density at radius 2 is 1.21 bits per heavy atom. The van der Waals surface area contributed by atoms with Crippen molar-refractivity contribution in [1.29, 1.82) is 0 Å². The summed E-state index contributed by atoms with van der Waals surface area (Å²) in [7, 11) is 0. The summed E-state index contributed by atoms with van der Waals surface area (Å²) < 4.78 is 2.51. The Bertz CT molecular complexity index is 1890. The fourth-order valence-electron chi connectivity index (χ4n) is 4.70. The first-order valence-electron chi connectivity index (χ1n) is 11.0. The van der Waals surface area contributed by atoms with E-state index in [1.165, 1.54) is 30.9 Å². The summed E-state index contributed by atoms with van der Waals surface area (Å²) >= 11 is 8.24. The van der Waals surface area contributed by atoms with Gasteiger partial charge in [-0.1, -0.05) is 66.7 Å². The lowest BCUT2D eigenvalue weighted by Crippen LogP contribution is -1.98. The minimum atomic E-state index is 0.188. The summed E-state index contributed by atoms with van der Waals surface area (Å²) in [5.41, 5.74) is 1.87. The van der Waals surface area contributed by atoms with Crippen molar-refractivity contribution in [2.75, 3.05) is 0 Å². The molecule has 160 valence electrons. The molecule has 0 spiro atoms. The Morgan fingerprint density at radius 3 is 2.09 bits per heavy atom. The fourth-order valence-corrected chi connectivity index (χ4v) is 5.95. The number of benzene rings is 5. The quantitative estimate of drug-likeness (QED) is 0.236. The monoisotopic (exact) mass is 473 g/mol. The highest BCUT2D eigenvalue weighted by molar-refractivity contribution is 7.25. The van der Waals surface area contributed by atoms with E-state index in [0.29, 0.717) is 11.6 Å². The average molecular weight is 474 g/mol. The highest BCUT2D eigenvalue weighted by atomic mass is 35.5. The van der Waals surface area contributed by atoms with Crippen molar-refractivity contribution in [3.63, 3.8) is 0 Å². The van der Waals surface area contributed by atoms with Gasteiger partial charge in [0.25, 0.3) is 0 Å². The molecule has 0 amide bonds. The summed E-state index contributed by atoms with van der Waals surface area (Å²) in [6, 6.07) is 33.7. The number of rotatable bonds is 2. The number of hydrogen-bond donors (Lipinski definition) is 0. The number of fused-ring (bicyclic) bond motifs is 6.